The molecule has 18 heavy (non-hydrogen) atoms. The van der Waals surface area contributed by atoms with Crippen LogP contribution in [-0.4, -0.2) is 37.4 Å². The molecule has 0 aromatic heterocycles. The number of amides is 1. The van der Waals surface area contributed by atoms with Gasteiger partial charge in [-0.05, 0) is 29.4 Å². The topological polar surface area (TPSA) is 80.2 Å². The van der Waals surface area contributed by atoms with Gasteiger partial charge in [-0.2, -0.15) is 0 Å². The first kappa shape index (κ1) is 12.5. The molecule has 1 aromatic carbocycles. The van der Waals surface area contributed by atoms with E-state index in [1.165, 1.54) is 24.3 Å². The second-order valence-electron chi connectivity index (χ2n) is 3.69. The first-order chi connectivity index (χ1) is 8.78. The minimum atomic E-state index is -0.566. The van der Waals surface area contributed by atoms with Crippen molar-refractivity contribution < 1.29 is 14.3 Å². The molecule has 7 nitrogen and oxygen atoms in total. The Kier molecular flexibility index (Phi) is 4.21. The molecule has 0 radical (unpaired) electrons. The van der Waals surface area contributed by atoms with Gasteiger partial charge >= 0.3 is 6.09 Å². The average molecular weight is 251 g/mol. The number of hydrogen-bond acceptors (Lipinski definition) is 6. The number of hydrazine groups is 1. The fourth-order valence-corrected chi connectivity index (χ4v) is 1.51. The van der Waals surface area contributed by atoms with Crippen molar-refractivity contribution in [2.75, 3.05) is 26.3 Å². The summed E-state index contributed by atoms with van der Waals surface area (Å²) in [6, 6.07) is 5.97. The summed E-state index contributed by atoms with van der Waals surface area (Å²) in [5.74, 6) is 0.355. The maximum atomic E-state index is 11.5. The van der Waals surface area contributed by atoms with Gasteiger partial charge in [0, 0.05) is 13.1 Å². The number of nitroso groups, excluding NO2 is 1. The number of nitrogens with zero attached hydrogens (tertiary/aromatic N) is 2. The summed E-state index contributed by atoms with van der Waals surface area (Å²) in [5, 5.41) is 4.49. The zero-order chi connectivity index (χ0) is 12.8. The summed E-state index contributed by atoms with van der Waals surface area (Å²) in [7, 11) is 0. The SMILES string of the molecule is O=Nc1ccc(OC(=O)NN2CCOCC2)cc1. The van der Waals surface area contributed by atoms with Gasteiger partial charge in [-0.15, -0.1) is 4.91 Å². The molecule has 1 aromatic rings. The van der Waals surface area contributed by atoms with E-state index in [1.807, 2.05) is 0 Å². The molecule has 0 saturated carbocycles. The zero-order valence-electron chi connectivity index (χ0n) is 9.67. The van der Waals surface area contributed by atoms with Crippen LogP contribution in [0.4, 0.5) is 10.5 Å². The standard InChI is InChI=1S/C11H13N3O4/c15-11(12-14-5-7-17-8-6-14)18-10-3-1-9(13-16)2-4-10/h1-4H,5-8H2,(H,12,15). The second-order valence-corrected chi connectivity index (χ2v) is 3.69. The fraction of sp³-hybridized carbons (Fsp3) is 0.364. The van der Waals surface area contributed by atoms with Gasteiger partial charge in [0.2, 0.25) is 0 Å². The number of morpholine rings is 1. The van der Waals surface area contributed by atoms with Gasteiger partial charge < -0.3 is 9.47 Å². The summed E-state index contributed by atoms with van der Waals surface area (Å²) < 4.78 is 10.2. The molecule has 1 saturated heterocycles. The number of rotatable bonds is 3. The smallest absolute Gasteiger partial charge is 0.409 e. The molecule has 2 rings (SSSR count). The molecule has 0 aliphatic carbocycles. The molecule has 7 heteroatoms. The Morgan fingerprint density at radius 2 is 1.94 bits per heavy atom. The van der Waals surface area contributed by atoms with Crippen LogP contribution in [0, 0.1) is 4.91 Å². The Hall–Kier alpha value is -1.99. The van der Waals surface area contributed by atoms with E-state index in [0.29, 0.717) is 32.1 Å². The van der Waals surface area contributed by atoms with E-state index in [2.05, 4.69) is 10.6 Å². The first-order valence-electron chi connectivity index (χ1n) is 5.52. The monoisotopic (exact) mass is 251 g/mol. The molecule has 1 heterocycles. The summed E-state index contributed by atoms with van der Waals surface area (Å²) in [5.41, 5.74) is 2.89. The summed E-state index contributed by atoms with van der Waals surface area (Å²) >= 11 is 0. The van der Waals surface area contributed by atoms with Crippen molar-refractivity contribution in [1.29, 1.82) is 0 Å². The average Bonchev–Trinajstić information content (AvgIpc) is 2.40. The number of ether oxygens (including phenoxy) is 2. The quantitative estimate of drug-likeness (QED) is 0.822. The van der Waals surface area contributed by atoms with Crippen LogP contribution in [0.5, 0.6) is 5.75 Å². The maximum Gasteiger partial charge on any atom is 0.427 e. The Balaban J connectivity index is 1.83. The van der Waals surface area contributed by atoms with E-state index in [4.69, 9.17) is 9.47 Å². The van der Waals surface area contributed by atoms with E-state index in [9.17, 15) is 9.70 Å². The van der Waals surface area contributed by atoms with Gasteiger partial charge in [0.25, 0.3) is 0 Å². The Morgan fingerprint density at radius 3 is 2.56 bits per heavy atom. The van der Waals surface area contributed by atoms with Gasteiger partial charge in [-0.1, -0.05) is 0 Å². The first-order valence-corrected chi connectivity index (χ1v) is 5.52. The van der Waals surface area contributed by atoms with Crippen LogP contribution in [0.25, 0.3) is 0 Å². The molecule has 1 aliphatic heterocycles. The number of benzene rings is 1. The largest absolute Gasteiger partial charge is 0.427 e. The van der Waals surface area contributed by atoms with Crippen LogP contribution < -0.4 is 10.2 Å². The molecule has 0 atom stereocenters. The molecule has 0 unspecified atom stereocenters. The van der Waals surface area contributed by atoms with Crippen molar-refractivity contribution in [3.05, 3.63) is 29.2 Å². The number of carbonyl (C=O) groups excluding carboxylic acids is 1. The molecule has 1 N–H and O–H groups in total. The van der Waals surface area contributed by atoms with Crippen molar-refractivity contribution in [1.82, 2.24) is 10.4 Å². The number of nitrogens with one attached hydrogen (secondary N) is 1. The minimum Gasteiger partial charge on any atom is -0.409 e. The molecule has 1 fully saturated rings. The number of hydrogen-bond donors (Lipinski definition) is 1. The van der Waals surface area contributed by atoms with Gasteiger partial charge in [0.1, 0.15) is 11.4 Å². The van der Waals surface area contributed by atoms with Crippen molar-refractivity contribution in [2.45, 2.75) is 0 Å². The van der Waals surface area contributed by atoms with Gasteiger partial charge in [0.15, 0.2) is 0 Å². The normalized spacial score (nSPS) is 16.0. The molecule has 1 amide bonds. The van der Waals surface area contributed by atoms with E-state index in [0.717, 1.165) is 0 Å². The van der Waals surface area contributed by atoms with Crippen molar-refractivity contribution in [3.63, 3.8) is 0 Å². The highest BCUT2D eigenvalue weighted by Gasteiger charge is 2.14. The van der Waals surface area contributed by atoms with Gasteiger partial charge in [-0.25, -0.2) is 9.80 Å². The third kappa shape index (κ3) is 3.51. The fourth-order valence-electron chi connectivity index (χ4n) is 1.51. The number of carbonyl (C=O) groups is 1. The van der Waals surface area contributed by atoms with E-state index < -0.39 is 6.09 Å². The lowest BCUT2D eigenvalue weighted by atomic mass is 10.3. The zero-order valence-corrected chi connectivity index (χ0v) is 9.67. The van der Waals surface area contributed by atoms with Crippen LogP contribution in [0.15, 0.2) is 29.4 Å². The molecule has 96 valence electrons. The highest BCUT2D eigenvalue weighted by atomic mass is 16.6. The van der Waals surface area contributed by atoms with Crippen LogP contribution in [-0.2, 0) is 4.74 Å². The van der Waals surface area contributed by atoms with E-state index in [-0.39, 0.29) is 5.69 Å². The molecule has 0 spiro atoms. The summed E-state index contributed by atoms with van der Waals surface area (Å²) in [6.45, 7) is 2.42. The van der Waals surface area contributed by atoms with E-state index in [1.54, 1.807) is 5.01 Å². The Morgan fingerprint density at radius 1 is 1.28 bits per heavy atom. The predicted molar refractivity (Wildman–Crippen MR) is 63.4 cm³/mol. The summed E-state index contributed by atoms with van der Waals surface area (Å²) in [4.78, 5) is 21.7. The lowest BCUT2D eigenvalue weighted by Crippen LogP contribution is -2.49. The van der Waals surface area contributed by atoms with Crippen LogP contribution in [0.3, 0.4) is 0 Å². The molecule has 1 aliphatic rings. The molecular formula is C11H13N3O4. The highest BCUT2D eigenvalue weighted by Crippen LogP contribution is 2.17. The Labute approximate surface area is 104 Å². The maximum absolute atomic E-state index is 11.5. The van der Waals surface area contributed by atoms with E-state index >= 15 is 0 Å². The lowest BCUT2D eigenvalue weighted by Gasteiger charge is -2.26. The van der Waals surface area contributed by atoms with Gasteiger partial charge in [-0.3, -0.25) is 5.43 Å². The van der Waals surface area contributed by atoms with Crippen LogP contribution in [0.1, 0.15) is 0 Å². The van der Waals surface area contributed by atoms with Crippen LogP contribution >= 0.6 is 0 Å². The lowest BCUT2D eigenvalue weighted by molar-refractivity contribution is 0.0153. The third-order valence-corrected chi connectivity index (χ3v) is 2.41. The van der Waals surface area contributed by atoms with Crippen molar-refractivity contribution in [3.8, 4) is 5.75 Å². The van der Waals surface area contributed by atoms with Gasteiger partial charge in [0.05, 0.1) is 13.2 Å². The second kappa shape index (κ2) is 6.08. The van der Waals surface area contributed by atoms with Crippen LogP contribution in [0.2, 0.25) is 0 Å². The third-order valence-electron chi connectivity index (χ3n) is 2.41. The highest BCUT2D eigenvalue weighted by molar-refractivity contribution is 5.69. The minimum absolute atomic E-state index is 0.288. The van der Waals surface area contributed by atoms with Crippen molar-refractivity contribution >= 4 is 11.8 Å². The molecular weight excluding hydrogens is 238 g/mol. The summed E-state index contributed by atoms with van der Waals surface area (Å²) in [6.07, 6.45) is -0.566. The van der Waals surface area contributed by atoms with Crippen molar-refractivity contribution in [2.24, 2.45) is 5.18 Å². The predicted octanol–water partition coefficient (Wildman–Crippen LogP) is 1.42. The Bertz CT molecular complexity index is 415. The molecule has 0 bridgehead atoms.